The topological polar surface area (TPSA) is 95.7 Å². The van der Waals surface area contributed by atoms with Crippen molar-refractivity contribution in [2.75, 3.05) is 19.6 Å². The van der Waals surface area contributed by atoms with Gasteiger partial charge < -0.3 is 26.6 Å². The van der Waals surface area contributed by atoms with Gasteiger partial charge in [0.25, 0.3) is 10.3 Å². The van der Waals surface area contributed by atoms with E-state index in [9.17, 15) is 0 Å². The van der Waals surface area contributed by atoms with Crippen molar-refractivity contribution in [2.24, 2.45) is 11.5 Å². The summed E-state index contributed by atoms with van der Waals surface area (Å²) in [6, 6.07) is 0. The van der Waals surface area contributed by atoms with Gasteiger partial charge in [0.2, 0.25) is 0 Å². The molecule has 0 aliphatic carbocycles. The van der Waals surface area contributed by atoms with Crippen LogP contribution in [0, 0.1) is 0 Å². The lowest BCUT2D eigenvalue weighted by molar-refractivity contribution is 0.321. The molecule has 5 nitrogen and oxygen atoms in total. The molecule has 0 unspecified atom stereocenters. The Kier molecular flexibility index (Phi) is 20.9. The summed E-state index contributed by atoms with van der Waals surface area (Å²) in [4.78, 5) is 2.38. The summed E-state index contributed by atoms with van der Waals surface area (Å²) in [5, 5.41) is 14.1. The molecule has 0 aromatic rings. The third-order valence-corrected chi connectivity index (χ3v) is 1.34. The van der Waals surface area contributed by atoms with Gasteiger partial charge in [-0.15, -0.1) is 0 Å². The Morgan fingerprint density at radius 3 is 1.07 bits per heavy atom. The van der Waals surface area contributed by atoms with Crippen molar-refractivity contribution in [1.29, 1.82) is 0 Å². The maximum absolute atomic E-state index is 7.56. The molecule has 0 aromatic carbocycles. The quantitative estimate of drug-likeness (QED) is 0.557. The molecule has 0 aliphatic heterocycles. The SMILES string of the molecule is CCN(CC)CC.NC(O)=S.NC(O)=S. The number of aliphatic hydroxyl groups excluding tert-OH is 2. The van der Waals surface area contributed by atoms with Crippen molar-refractivity contribution in [2.45, 2.75) is 20.8 Å². The van der Waals surface area contributed by atoms with E-state index in [0.29, 0.717) is 0 Å². The molecule has 92 valence electrons. The lowest BCUT2D eigenvalue weighted by Crippen LogP contribution is -2.21. The molecule has 0 saturated heterocycles. The largest absolute Gasteiger partial charge is 0.487 e. The third-order valence-electron chi connectivity index (χ3n) is 1.34. The first kappa shape index (κ1) is 19.8. The Bertz CT molecular complexity index is 138. The van der Waals surface area contributed by atoms with Crippen LogP contribution in [0.4, 0.5) is 0 Å². The summed E-state index contributed by atoms with van der Waals surface area (Å²) >= 11 is 7.74. The molecule has 0 bridgehead atoms. The van der Waals surface area contributed by atoms with E-state index in [4.69, 9.17) is 10.2 Å². The summed E-state index contributed by atoms with van der Waals surface area (Å²) in [7, 11) is 0. The molecule has 0 saturated carbocycles. The fourth-order valence-corrected chi connectivity index (χ4v) is 0.671. The number of thiocarbonyl (C=S) groups is 2. The van der Waals surface area contributed by atoms with Crippen LogP contribution in [-0.4, -0.2) is 45.1 Å². The van der Waals surface area contributed by atoms with Crippen molar-refractivity contribution in [3.05, 3.63) is 0 Å². The lowest BCUT2D eigenvalue weighted by Gasteiger charge is -2.13. The van der Waals surface area contributed by atoms with E-state index in [1.165, 1.54) is 19.6 Å². The van der Waals surface area contributed by atoms with Crippen LogP contribution in [0.15, 0.2) is 0 Å². The normalized spacial score (nSPS) is 8.00. The van der Waals surface area contributed by atoms with E-state index in [1.807, 2.05) is 0 Å². The summed E-state index contributed by atoms with van der Waals surface area (Å²) < 4.78 is 0. The van der Waals surface area contributed by atoms with Gasteiger partial charge in [0.15, 0.2) is 0 Å². The van der Waals surface area contributed by atoms with Crippen LogP contribution in [0.25, 0.3) is 0 Å². The second-order valence-corrected chi connectivity index (χ2v) is 3.13. The number of nitrogens with zero attached hydrogens (tertiary/aromatic N) is 1. The first-order valence-corrected chi connectivity index (χ1v) is 5.32. The number of hydrogen-bond acceptors (Lipinski definition) is 3. The van der Waals surface area contributed by atoms with E-state index in [1.54, 1.807) is 0 Å². The lowest BCUT2D eigenvalue weighted by atomic mass is 10.5. The molecular formula is C8H21N3O2S2. The molecule has 0 radical (unpaired) electrons. The van der Waals surface area contributed by atoms with E-state index in [2.05, 4.69) is 61.6 Å². The Morgan fingerprint density at radius 2 is 1.07 bits per heavy atom. The smallest absolute Gasteiger partial charge is 0.251 e. The maximum Gasteiger partial charge on any atom is 0.251 e. The summed E-state index contributed by atoms with van der Waals surface area (Å²) in [5.41, 5.74) is 8.80. The van der Waals surface area contributed by atoms with E-state index < -0.39 is 10.3 Å². The van der Waals surface area contributed by atoms with Crippen LogP contribution >= 0.6 is 24.4 Å². The van der Waals surface area contributed by atoms with E-state index in [0.717, 1.165) is 0 Å². The van der Waals surface area contributed by atoms with Crippen LogP contribution in [0.3, 0.4) is 0 Å². The number of aliphatic hydroxyl groups is 2. The predicted octanol–water partition coefficient (Wildman–Crippen LogP) is 0.924. The zero-order valence-corrected chi connectivity index (χ0v) is 11.1. The molecular weight excluding hydrogens is 234 g/mol. The first-order valence-electron chi connectivity index (χ1n) is 4.50. The fourth-order valence-electron chi connectivity index (χ4n) is 0.671. The third kappa shape index (κ3) is 60.2. The van der Waals surface area contributed by atoms with Crippen molar-refractivity contribution < 1.29 is 10.2 Å². The van der Waals surface area contributed by atoms with Gasteiger partial charge in [-0.2, -0.15) is 0 Å². The van der Waals surface area contributed by atoms with Crippen LogP contribution in [0.2, 0.25) is 0 Å². The second kappa shape index (κ2) is 15.8. The van der Waals surface area contributed by atoms with Gasteiger partial charge in [0.05, 0.1) is 0 Å². The van der Waals surface area contributed by atoms with Crippen molar-refractivity contribution in [1.82, 2.24) is 4.90 Å². The highest BCUT2D eigenvalue weighted by molar-refractivity contribution is 7.80. The van der Waals surface area contributed by atoms with Gasteiger partial charge in [0, 0.05) is 0 Å². The molecule has 0 heterocycles. The Balaban J connectivity index is -0.000000155. The monoisotopic (exact) mass is 255 g/mol. The first-order chi connectivity index (χ1) is 6.81. The molecule has 15 heavy (non-hydrogen) atoms. The predicted molar refractivity (Wildman–Crippen MR) is 72.3 cm³/mol. The van der Waals surface area contributed by atoms with E-state index in [-0.39, 0.29) is 0 Å². The minimum absolute atomic E-state index is 0.500. The molecule has 0 spiro atoms. The van der Waals surface area contributed by atoms with Crippen molar-refractivity contribution in [3.8, 4) is 0 Å². The number of nitrogens with two attached hydrogens (primary N) is 2. The van der Waals surface area contributed by atoms with Gasteiger partial charge in [0.1, 0.15) is 0 Å². The van der Waals surface area contributed by atoms with E-state index >= 15 is 0 Å². The second-order valence-electron chi connectivity index (χ2n) is 2.30. The Labute approximate surface area is 102 Å². The van der Waals surface area contributed by atoms with Gasteiger partial charge in [-0.25, -0.2) is 0 Å². The van der Waals surface area contributed by atoms with Crippen LogP contribution in [0.1, 0.15) is 20.8 Å². The van der Waals surface area contributed by atoms with Crippen molar-refractivity contribution in [3.63, 3.8) is 0 Å². The fraction of sp³-hybridized carbons (Fsp3) is 0.750. The zero-order chi connectivity index (χ0) is 12.9. The number of rotatable bonds is 3. The van der Waals surface area contributed by atoms with Crippen molar-refractivity contribution >= 4 is 34.8 Å². The molecule has 0 atom stereocenters. The summed E-state index contributed by atoms with van der Waals surface area (Å²) in [5.74, 6) is 0. The molecule has 0 amide bonds. The van der Waals surface area contributed by atoms with Crippen LogP contribution in [-0.2, 0) is 0 Å². The van der Waals surface area contributed by atoms with Gasteiger partial charge in [-0.05, 0) is 44.1 Å². The maximum atomic E-state index is 7.56. The van der Waals surface area contributed by atoms with Crippen LogP contribution in [0.5, 0.6) is 0 Å². The van der Waals surface area contributed by atoms with Crippen LogP contribution < -0.4 is 11.5 Å². The Hall–Kier alpha value is -0.660. The molecule has 0 aromatic heterocycles. The summed E-state index contributed by atoms with van der Waals surface area (Å²) in [6.45, 7) is 10.1. The molecule has 0 aliphatic rings. The number of hydrogen-bond donors (Lipinski definition) is 4. The van der Waals surface area contributed by atoms with Gasteiger partial charge >= 0.3 is 0 Å². The minimum Gasteiger partial charge on any atom is -0.487 e. The molecule has 7 heteroatoms. The Morgan fingerprint density at radius 1 is 0.933 bits per heavy atom. The highest BCUT2D eigenvalue weighted by Crippen LogP contribution is 1.81. The summed E-state index contributed by atoms with van der Waals surface area (Å²) in [6.07, 6.45) is 0. The van der Waals surface area contributed by atoms with Gasteiger partial charge in [-0.3, -0.25) is 0 Å². The minimum atomic E-state index is -0.500. The average Bonchev–Trinajstić information content (AvgIpc) is 2.05. The molecule has 6 N–H and O–H groups in total. The highest BCUT2D eigenvalue weighted by atomic mass is 32.1. The molecule has 0 rings (SSSR count). The average molecular weight is 255 g/mol. The molecule has 0 fully saturated rings. The zero-order valence-electron chi connectivity index (χ0n) is 9.43. The van der Waals surface area contributed by atoms with Gasteiger partial charge in [-0.1, -0.05) is 20.8 Å². The standard InChI is InChI=1S/C6H15N.2CH3NOS/c1-4-7(5-2)6-3;2*2-1(3)4/h4-6H2,1-3H3;2*(H3,2,3,4). The highest BCUT2D eigenvalue weighted by Gasteiger charge is 1.89.